The van der Waals surface area contributed by atoms with Crippen molar-refractivity contribution in [2.45, 2.75) is 19.4 Å². The molecule has 9 heteroatoms. The fourth-order valence-electron chi connectivity index (χ4n) is 3.62. The molecule has 1 N–H and O–H groups in total. The van der Waals surface area contributed by atoms with E-state index >= 15 is 0 Å². The molecule has 0 atom stereocenters. The summed E-state index contributed by atoms with van der Waals surface area (Å²) in [6.07, 6.45) is 3.47. The standard InChI is InChI=1S/C24H22N2O6S/c27-21(25-11-3-4-12-25)14-26-22(28)20(33-24(26)31)13-18-5-1-2-6-19(18)32-15-16-7-9-17(10-8-16)23(29)30/h1-2,5-10,13H,3-4,11-12,14-15H2,(H,29,30)/b20-13+. The Balaban J connectivity index is 1.45. The van der Waals surface area contributed by atoms with Crippen LogP contribution in [0.3, 0.4) is 0 Å². The molecule has 0 saturated carbocycles. The van der Waals surface area contributed by atoms with Crippen LogP contribution in [0.4, 0.5) is 4.79 Å². The maximum absolute atomic E-state index is 12.8. The Hall–Kier alpha value is -3.59. The number of hydrogen-bond donors (Lipinski definition) is 1. The average Bonchev–Trinajstić information content (AvgIpc) is 3.44. The molecule has 33 heavy (non-hydrogen) atoms. The number of rotatable bonds is 7. The van der Waals surface area contributed by atoms with Gasteiger partial charge in [-0.3, -0.25) is 19.3 Å². The summed E-state index contributed by atoms with van der Waals surface area (Å²) < 4.78 is 5.88. The highest BCUT2D eigenvalue weighted by atomic mass is 32.2. The smallest absolute Gasteiger partial charge is 0.335 e. The number of hydrogen-bond acceptors (Lipinski definition) is 6. The number of benzene rings is 2. The topological polar surface area (TPSA) is 104 Å². The van der Waals surface area contributed by atoms with Crippen molar-refractivity contribution in [1.82, 2.24) is 9.80 Å². The van der Waals surface area contributed by atoms with Crippen molar-refractivity contribution in [2.24, 2.45) is 0 Å². The van der Waals surface area contributed by atoms with Crippen molar-refractivity contribution < 1.29 is 29.0 Å². The van der Waals surface area contributed by atoms with Gasteiger partial charge in [0.25, 0.3) is 11.1 Å². The molecule has 0 unspecified atom stereocenters. The number of thioether (sulfide) groups is 1. The zero-order valence-corrected chi connectivity index (χ0v) is 18.5. The van der Waals surface area contributed by atoms with Gasteiger partial charge in [0.2, 0.25) is 5.91 Å². The summed E-state index contributed by atoms with van der Waals surface area (Å²) >= 11 is 0.805. The molecule has 0 radical (unpaired) electrons. The summed E-state index contributed by atoms with van der Waals surface area (Å²) in [7, 11) is 0. The number of carbonyl (C=O) groups excluding carboxylic acids is 3. The highest BCUT2D eigenvalue weighted by Gasteiger charge is 2.37. The number of aromatic carboxylic acids is 1. The van der Waals surface area contributed by atoms with Gasteiger partial charge in [-0.15, -0.1) is 0 Å². The quantitative estimate of drug-likeness (QED) is 0.622. The summed E-state index contributed by atoms with van der Waals surface area (Å²) in [4.78, 5) is 51.5. The van der Waals surface area contributed by atoms with Crippen molar-refractivity contribution in [3.8, 4) is 5.75 Å². The third-order valence-electron chi connectivity index (χ3n) is 5.43. The number of carboxylic acid groups (broad SMARTS) is 1. The van der Waals surface area contributed by atoms with Crippen LogP contribution in [-0.4, -0.2) is 57.6 Å². The first-order valence-corrected chi connectivity index (χ1v) is 11.3. The number of para-hydroxylation sites is 1. The van der Waals surface area contributed by atoms with Crippen molar-refractivity contribution in [1.29, 1.82) is 0 Å². The van der Waals surface area contributed by atoms with E-state index < -0.39 is 17.1 Å². The second-order valence-corrected chi connectivity index (χ2v) is 8.68. The maximum Gasteiger partial charge on any atom is 0.335 e. The maximum atomic E-state index is 12.8. The van der Waals surface area contributed by atoms with Gasteiger partial charge in [0, 0.05) is 18.7 Å². The Labute approximate surface area is 194 Å². The molecule has 0 spiro atoms. The lowest BCUT2D eigenvalue weighted by Gasteiger charge is -2.18. The van der Waals surface area contributed by atoms with E-state index in [4.69, 9.17) is 9.84 Å². The van der Waals surface area contributed by atoms with Crippen molar-refractivity contribution in [3.05, 3.63) is 70.1 Å². The van der Waals surface area contributed by atoms with Gasteiger partial charge in [-0.25, -0.2) is 4.79 Å². The van der Waals surface area contributed by atoms with E-state index in [1.165, 1.54) is 12.1 Å². The molecule has 0 aromatic heterocycles. The fourth-order valence-corrected chi connectivity index (χ4v) is 4.44. The van der Waals surface area contributed by atoms with Crippen LogP contribution in [0.25, 0.3) is 6.08 Å². The Morgan fingerprint density at radius 2 is 1.73 bits per heavy atom. The van der Waals surface area contributed by atoms with Gasteiger partial charge in [-0.2, -0.15) is 0 Å². The molecule has 4 rings (SSSR count). The van der Waals surface area contributed by atoms with E-state index in [1.54, 1.807) is 47.4 Å². The van der Waals surface area contributed by atoms with Gasteiger partial charge in [-0.1, -0.05) is 30.3 Å². The molecule has 2 aromatic carbocycles. The molecule has 2 aliphatic rings. The SMILES string of the molecule is O=C(O)c1ccc(COc2ccccc2/C=C2/SC(=O)N(CC(=O)N3CCCC3)C2=O)cc1. The van der Waals surface area contributed by atoms with Crippen LogP contribution in [0.5, 0.6) is 5.75 Å². The summed E-state index contributed by atoms with van der Waals surface area (Å²) in [6, 6.07) is 13.5. The highest BCUT2D eigenvalue weighted by Crippen LogP contribution is 2.34. The summed E-state index contributed by atoms with van der Waals surface area (Å²) in [5.41, 5.74) is 1.60. The normalized spacial score (nSPS) is 17.2. The monoisotopic (exact) mass is 466 g/mol. The van der Waals surface area contributed by atoms with Gasteiger partial charge in [-0.05, 0) is 54.4 Å². The van der Waals surface area contributed by atoms with Crippen LogP contribution < -0.4 is 4.74 Å². The van der Waals surface area contributed by atoms with E-state index in [0.717, 1.165) is 35.1 Å². The van der Waals surface area contributed by atoms with Crippen LogP contribution in [0, 0.1) is 0 Å². The predicted octanol–water partition coefficient (Wildman–Crippen LogP) is 3.62. The minimum absolute atomic E-state index is 0.193. The second kappa shape index (κ2) is 9.91. The first-order valence-electron chi connectivity index (χ1n) is 10.5. The van der Waals surface area contributed by atoms with Crippen LogP contribution in [0.1, 0.15) is 34.3 Å². The molecule has 3 amide bonds. The van der Waals surface area contributed by atoms with E-state index in [0.29, 0.717) is 24.4 Å². The Morgan fingerprint density at radius 1 is 1.03 bits per heavy atom. The molecule has 0 bridgehead atoms. The van der Waals surface area contributed by atoms with Crippen molar-refractivity contribution in [2.75, 3.05) is 19.6 Å². The molecule has 2 aromatic rings. The molecule has 2 aliphatic heterocycles. The van der Waals surface area contributed by atoms with Crippen molar-refractivity contribution in [3.63, 3.8) is 0 Å². The van der Waals surface area contributed by atoms with Crippen LogP contribution >= 0.6 is 11.8 Å². The van der Waals surface area contributed by atoms with E-state index in [-0.39, 0.29) is 29.5 Å². The lowest BCUT2D eigenvalue weighted by molar-refractivity contribution is -0.135. The van der Waals surface area contributed by atoms with Crippen molar-refractivity contribution >= 4 is 40.9 Å². The third-order valence-corrected chi connectivity index (χ3v) is 6.33. The van der Waals surface area contributed by atoms with Crippen LogP contribution in [-0.2, 0) is 16.2 Å². The van der Waals surface area contributed by atoms with E-state index in [1.807, 2.05) is 0 Å². The molecule has 170 valence electrons. The zero-order chi connectivity index (χ0) is 23.4. The van der Waals surface area contributed by atoms with E-state index in [9.17, 15) is 19.2 Å². The molecule has 2 saturated heterocycles. The summed E-state index contributed by atoms with van der Waals surface area (Å²) in [5, 5.41) is 8.54. The largest absolute Gasteiger partial charge is 0.488 e. The summed E-state index contributed by atoms with van der Waals surface area (Å²) in [6.45, 7) is 1.28. The number of imide groups is 1. The average molecular weight is 467 g/mol. The predicted molar refractivity (Wildman–Crippen MR) is 123 cm³/mol. The third kappa shape index (κ3) is 5.25. The van der Waals surface area contributed by atoms with Gasteiger partial charge >= 0.3 is 5.97 Å². The van der Waals surface area contributed by atoms with Crippen LogP contribution in [0.2, 0.25) is 0 Å². The Kier molecular flexibility index (Phi) is 6.79. The molecule has 8 nitrogen and oxygen atoms in total. The number of nitrogens with zero attached hydrogens (tertiary/aromatic N) is 2. The molecule has 2 fully saturated rings. The van der Waals surface area contributed by atoms with Gasteiger partial charge in [0.15, 0.2) is 0 Å². The second-order valence-electron chi connectivity index (χ2n) is 7.68. The minimum atomic E-state index is -0.996. The number of carboxylic acids is 1. The molecule has 0 aliphatic carbocycles. The summed E-state index contributed by atoms with van der Waals surface area (Å²) in [5.74, 6) is -1.19. The Bertz CT molecular complexity index is 1120. The van der Waals surface area contributed by atoms with Gasteiger partial charge in [0.05, 0.1) is 10.5 Å². The molecule has 2 heterocycles. The first-order chi connectivity index (χ1) is 15.9. The molecular formula is C24H22N2O6S. The number of carbonyl (C=O) groups is 4. The minimum Gasteiger partial charge on any atom is -0.488 e. The number of likely N-dealkylation sites (tertiary alicyclic amines) is 1. The van der Waals surface area contributed by atoms with Gasteiger partial charge < -0.3 is 14.7 Å². The fraction of sp³-hybridized carbons (Fsp3) is 0.250. The van der Waals surface area contributed by atoms with Gasteiger partial charge in [0.1, 0.15) is 18.9 Å². The number of ether oxygens (including phenoxy) is 1. The lowest BCUT2D eigenvalue weighted by atomic mass is 10.1. The van der Waals surface area contributed by atoms with Crippen LogP contribution in [0.15, 0.2) is 53.4 Å². The van der Waals surface area contributed by atoms with E-state index in [2.05, 4.69) is 0 Å². The Morgan fingerprint density at radius 3 is 2.42 bits per heavy atom. The molecular weight excluding hydrogens is 444 g/mol. The zero-order valence-electron chi connectivity index (χ0n) is 17.7. The lowest BCUT2D eigenvalue weighted by Crippen LogP contribution is -2.40. The highest BCUT2D eigenvalue weighted by molar-refractivity contribution is 8.18. The first kappa shape index (κ1) is 22.6. The number of amides is 3.